The zero-order valence-corrected chi connectivity index (χ0v) is 12.6. The minimum Gasteiger partial charge on any atom is -0.373 e. The van der Waals surface area contributed by atoms with E-state index in [1.54, 1.807) is 4.90 Å². The molecule has 0 saturated carbocycles. The van der Waals surface area contributed by atoms with E-state index in [1.807, 2.05) is 6.92 Å². The van der Waals surface area contributed by atoms with Gasteiger partial charge in [0.1, 0.15) is 5.25 Å². The van der Waals surface area contributed by atoms with Crippen LogP contribution in [0.2, 0.25) is 0 Å². The second-order valence-corrected chi connectivity index (χ2v) is 7.43. The van der Waals surface area contributed by atoms with Crippen molar-refractivity contribution in [3.8, 4) is 0 Å². The molecule has 0 bridgehead atoms. The lowest BCUT2D eigenvalue weighted by molar-refractivity contribution is -0.142. The van der Waals surface area contributed by atoms with Gasteiger partial charge in [0.15, 0.2) is 9.84 Å². The first-order valence-electron chi connectivity index (χ1n) is 5.44. The number of hydrogen-bond donors (Lipinski definition) is 0. The molecule has 1 heterocycles. The Hall–Kier alpha value is -0.140. The molecule has 0 aromatic carbocycles. The fourth-order valence-corrected chi connectivity index (χ4v) is 2.53. The minimum atomic E-state index is -3.34. The Morgan fingerprint density at radius 3 is 2.65 bits per heavy atom. The van der Waals surface area contributed by atoms with Crippen LogP contribution < -0.4 is 0 Å². The Morgan fingerprint density at radius 1 is 1.59 bits per heavy atom. The Morgan fingerprint density at radius 2 is 2.18 bits per heavy atom. The molecule has 3 atom stereocenters. The van der Waals surface area contributed by atoms with Crippen LogP contribution in [0.1, 0.15) is 13.8 Å². The van der Waals surface area contributed by atoms with Crippen LogP contribution in [0.25, 0.3) is 0 Å². The maximum absolute atomic E-state index is 12.1. The number of alkyl halides is 1. The second kappa shape index (κ2) is 5.67. The summed E-state index contributed by atoms with van der Waals surface area (Å²) in [5, 5.41) is -0.351. The first kappa shape index (κ1) is 14.9. The number of ether oxygens (including phenoxy) is 1. The molecule has 0 aromatic heterocycles. The van der Waals surface area contributed by atoms with Crippen molar-refractivity contribution in [2.75, 3.05) is 24.7 Å². The van der Waals surface area contributed by atoms with E-state index in [0.717, 1.165) is 6.26 Å². The predicted octanol–water partition coefficient (Wildman–Crippen LogP) is 0.430. The lowest BCUT2D eigenvalue weighted by Gasteiger charge is -2.38. The van der Waals surface area contributed by atoms with Gasteiger partial charge in [-0.25, -0.2) is 8.42 Å². The zero-order chi connectivity index (χ0) is 13.2. The molecule has 1 aliphatic heterocycles. The second-order valence-electron chi connectivity index (χ2n) is 4.42. The zero-order valence-electron chi connectivity index (χ0n) is 10.2. The number of hydrogen-bond acceptors (Lipinski definition) is 4. The Kier molecular flexibility index (Phi) is 4.97. The molecule has 0 aliphatic carbocycles. The van der Waals surface area contributed by atoms with E-state index >= 15 is 0 Å². The summed E-state index contributed by atoms with van der Waals surface area (Å²) in [4.78, 5) is 13.7. The Bertz CT molecular complexity index is 384. The van der Waals surface area contributed by atoms with E-state index in [0.29, 0.717) is 18.5 Å². The van der Waals surface area contributed by atoms with Gasteiger partial charge in [-0.15, -0.1) is 0 Å². The SMILES string of the molecule is CC1COC(CBr)CN1C(=O)C(C)S(C)(=O)=O. The number of nitrogens with zero attached hydrogens (tertiary/aromatic N) is 1. The highest BCUT2D eigenvalue weighted by Gasteiger charge is 2.35. The van der Waals surface area contributed by atoms with E-state index in [2.05, 4.69) is 15.9 Å². The molecule has 3 unspecified atom stereocenters. The predicted molar refractivity (Wildman–Crippen MR) is 69.0 cm³/mol. The number of halogens is 1. The van der Waals surface area contributed by atoms with Crippen molar-refractivity contribution in [2.24, 2.45) is 0 Å². The van der Waals surface area contributed by atoms with E-state index in [1.165, 1.54) is 6.92 Å². The van der Waals surface area contributed by atoms with Gasteiger partial charge < -0.3 is 9.64 Å². The Balaban J connectivity index is 2.80. The maximum atomic E-state index is 12.1. The summed E-state index contributed by atoms with van der Waals surface area (Å²) in [5.74, 6) is -0.339. The Labute approximate surface area is 111 Å². The number of rotatable bonds is 3. The standard InChI is InChI=1S/C10H18BrNO4S/c1-7-6-16-9(4-11)5-12(7)10(13)8(2)17(3,14)15/h7-9H,4-6H2,1-3H3. The molecular weight excluding hydrogens is 310 g/mol. The summed E-state index contributed by atoms with van der Waals surface area (Å²) < 4.78 is 28.3. The third-order valence-corrected chi connectivity index (χ3v) is 5.16. The minimum absolute atomic E-state index is 0.0677. The van der Waals surface area contributed by atoms with E-state index in [-0.39, 0.29) is 18.1 Å². The first-order valence-corrected chi connectivity index (χ1v) is 8.52. The molecule has 1 fully saturated rings. The summed E-state index contributed by atoms with van der Waals surface area (Å²) in [6.07, 6.45) is 1.02. The molecule has 1 rings (SSSR count). The summed E-state index contributed by atoms with van der Waals surface area (Å²) in [5.41, 5.74) is 0. The van der Waals surface area contributed by atoms with Crippen molar-refractivity contribution in [1.29, 1.82) is 0 Å². The number of carbonyl (C=O) groups is 1. The van der Waals surface area contributed by atoms with Crippen LogP contribution in [0.3, 0.4) is 0 Å². The van der Waals surface area contributed by atoms with Crippen LogP contribution in [0.15, 0.2) is 0 Å². The van der Waals surface area contributed by atoms with Gasteiger partial charge >= 0.3 is 0 Å². The molecule has 100 valence electrons. The lowest BCUT2D eigenvalue weighted by atomic mass is 10.2. The van der Waals surface area contributed by atoms with Gasteiger partial charge in [-0.3, -0.25) is 4.79 Å². The topological polar surface area (TPSA) is 63.7 Å². The smallest absolute Gasteiger partial charge is 0.241 e. The summed E-state index contributed by atoms with van der Waals surface area (Å²) >= 11 is 3.30. The van der Waals surface area contributed by atoms with Gasteiger partial charge in [0.2, 0.25) is 5.91 Å². The summed E-state index contributed by atoms with van der Waals surface area (Å²) in [6.45, 7) is 4.17. The fourth-order valence-electron chi connectivity index (χ4n) is 1.63. The molecule has 0 spiro atoms. The van der Waals surface area contributed by atoms with Gasteiger partial charge in [0, 0.05) is 18.1 Å². The van der Waals surface area contributed by atoms with E-state index in [9.17, 15) is 13.2 Å². The molecule has 0 radical (unpaired) electrons. The van der Waals surface area contributed by atoms with Crippen molar-refractivity contribution < 1.29 is 17.9 Å². The monoisotopic (exact) mass is 327 g/mol. The average Bonchev–Trinajstić information content (AvgIpc) is 2.26. The van der Waals surface area contributed by atoms with Crippen molar-refractivity contribution >= 4 is 31.7 Å². The van der Waals surface area contributed by atoms with Gasteiger partial charge in [0.05, 0.1) is 18.8 Å². The molecule has 1 aliphatic rings. The summed E-state index contributed by atoms with van der Waals surface area (Å²) in [7, 11) is -3.34. The lowest BCUT2D eigenvalue weighted by Crippen LogP contribution is -2.54. The molecule has 17 heavy (non-hydrogen) atoms. The van der Waals surface area contributed by atoms with Crippen molar-refractivity contribution in [3.63, 3.8) is 0 Å². The molecule has 5 nitrogen and oxygen atoms in total. The van der Waals surface area contributed by atoms with Gasteiger partial charge in [0.25, 0.3) is 0 Å². The van der Waals surface area contributed by atoms with Crippen LogP contribution >= 0.6 is 15.9 Å². The van der Waals surface area contributed by atoms with Crippen LogP contribution in [-0.2, 0) is 19.4 Å². The van der Waals surface area contributed by atoms with Crippen LogP contribution in [0.5, 0.6) is 0 Å². The van der Waals surface area contributed by atoms with Crippen LogP contribution in [-0.4, -0.2) is 61.4 Å². The average molecular weight is 328 g/mol. The highest BCUT2D eigenvalue weighted by molar-refractivity contribution is 9.09. The van der Waals surface area contributed by atoms with E-state index < -0.39 is 15.1 Å². The first-order chi connectivity index (χ1) is 7.77. The number of carbonyl (C=O) groups excluding carboxylic acids is 1. The van der Waals surface area contributed by atoms with Gasteiger partial charge in [-0.05, 0) is 13.8 Å². The van der Waals surface area contributed by atoms with Crippen molar-refractivity contribution in [2.45, 2.75) is 31.2 Å². The van der Waals surface area contributed by atoms with Crippen molar-refractivity contribution in [3.05, 3.63) is 0 Å². The highest BCUT2D eigenvalue weighted by Crippen LogP contribution is 2.16. The number of sulfone groups is 1. The molecule has 0 N–H and O–H groups in total. The largest absolute Gasteiger partial charge is 0.373 e. The molecule has 0 aromatic rings. The molecule has 1 saturated heterocycles. The van der Waals surface area contributed by atoms with Gasteiger partial charge in [-0.2, -0.15) is 0 Å². The number of morpholine rings is 1. The van der Waals surface area contributed by atoms with E-state index in [4.69, 9.17) is 4.74 Å². The molecular formula is C10H18BrNO4S. The summed E-state index contributed by atoms with van der Waals surface area (Å²) in [6, 6.07) is -0.0815. The normalized spacial score (nSPS) is 27.9. The fraction of sp³-hybridized carbons (Fsp3) is 0.900. The molecule has 1 amide bonds. The number of amides is 1. The maximum Gasteiger partial charge on any atom is 0.241 e. The van der Waals surface area contributed by atoms with Crippen LogP contribution in [0.4, 0.5) is 0 Å². The molecule has 7 heteroatoms. The third kappa shape index (κ3) is 3.66. The van der Waals surface area contributed by atoms with Gasteiger partial charge in [-0.1, -0.05) is 15.9 Å². The highest BCUT2D eigenvalue weighted by atomic mass is 79.9. The van der Waals surface area contributed by atoms with Crippen molar-refractivity contribution in [1.82, 2.24) is 4.90 Å². The van der Waals surface area contributed by atoms with Crippen LogP contribution in [0, 0.1) is 0 Å². The quantitative estimate of drug-likeness (QED) is 0.705. The third-order valence-electron chi connectivity index (χ3n) is 2.95.